The molecule has 1 aromatic carbocycles. The van der Waals surface area contributed by atoms with Crippen LogP contribution >= 0.6 is 0 Å². The Morgan fingerprint density at radius 3 is 2.56 bits per heavy atom. The van der Waals surface area contributed by atoms with Crippen molar-refractivity contribution in [1.82, 2.24) is 0 Å². The molecule has 0 saturated heterocycles. The summed E-state index contributed by atoms with van der Waals surface area (Å²) in [4.78, 5) is 11.3. The van der Waals surface area contributed by atoms with Gasteiger partial charge in [0.05, 0.1) is 13.2 Å². The van der Waals surface area contributed by atoms with E-state index >= 15 is 0 Å². The first-order valence-electron chi connectivity index (χ1n) is 5.67. The summed E-state index contributed by atoms with van der Waals surface area (Å²) in [6, 6.07) is 6.63. The molecule has 4 nitrogen and oxygen atoms in total. The van der Waals surface area contributed by atoms with Crippen LogP contribution in [-0.2, 0) is 4.79 Å². The molecule has 0 aromatic heterocycles. The van der Waals surface area contributed by atoms with Gasteiger partial charge in [0.25, 0.3) is 5.78 Å². The number of hydrogen-bond donors (Lipinski definition) is 0. The zero-order chi connectivity index (χ0) is 13.5. The molecular formula is C14H15NO3. The zero-order valence-corrected chi connectivity index (χ0v) is 10.5. The second-order valence-electron chi connectivity index (χ2n) is 3.44. The number of carbonyl (C=O) groups is 1. The van der Waals surface area contributed by atoms with Gasteiger partial charge in [-0.2, -0.15) is 5.26 Å². The summed E-state index contributed by atoms with van der Waals surface area (Å²) in [5.74, 6) is 0.485. The topological polar surface area (TPSA) is 59.3 Å². The third-order valence-electron chi connectivity index (χ3n) is 2.26. The lowest BCUT2D eigenvalue weighted by Gasteiger charge is -2.12. The van der Waals surface area contributed by atoms with E-state index in [1.165, 1.54) is 0 Å². The lowest BCUT2D eigenvalue weighted by atomic mass is 10.0. The molecule has 0 spiro atoms. The average molecular weight is 245 g/mol. The van der Waals surface area contributed by atoms with E-state index in [9.17, 15) is 4.79 Å². The van der Waals surface area contributed by atoms with Crippen molar-refractivity contribution in [1.29, 1.82) is 5.26 Å². The van der Waals surface area contributed by atoms with Gasteiger partial charge in [-0.25, -0.2) is 0 Å². The summed E-state index contributed by atoms with van der Waals surface area (Å²) in [5, 5.41) is 8.60. The molecule has 0 aliphatic heterocycles. The molecule has 1 rings (SSSR count). The maximum Gasteiger partial charge on any atom is 0.262 e. The van der Waals surface area contributed by atoms with E-state index in [1.807, 2.05) is 13.8 Å². The summed E-state index contributed by atoms with van der Waals surface area (Å²) >= 11 is 0. The van der Waals surface area contributed by atoms with Crippen LogP contribution in [-0.4, -0.2) is 19.0 Å². The number of ether oxygens (including phenoxy) is 2. The van der Waals surface area contributed by atoms with Gasteiger partial charge in [-0.15, -0.1) is 0 Å². The van der Waals surface area contributed by atoms with Crippen LogP contribution in [0.25, 0.3) is 5.57 Å². The monoisotopic (exact) mass is 245 g/mol. The van der Waals surface area contributed by atoms with Gasteiger partial charge < -0.3 is 9.47 Å². The first-order chi connectivity index (χ1) is 8.63. The predicted octanol–water partition coefficient (Wildman–Crippen LogP) is 2.59. The van der Waals surface area contributed by atoms with Crippen molar-refractivity contribution in [2.45, 2.75) is 13.8 Å². The van der Waals surface area contributed by atoms with Crippen LogP contribution in [0.5, 0.6) is 11.5 Å². The number of rotatable bonds is 6. The molecule has 0 radical (unpaired) electrons. The summed E-state index contributed by atoms with van der Waals surface area (Å²) in [5.41, 5.74) is 0.649. The van der Waals surface area contributed by atoms with Crippen LogP contribution < -0.4 is 9.47 Å². The highest BCUT2D eigenvalue weighted by molar-refractivity contribution is 6.28. The van der Waals surface area contributed by atoms with Crippen molar-refractivity contribution < 1.29 is 14.3 Å². The lowest BCUT2D eigenvalue weighted by molar-refractivity contribution is -0.109. The molecule has 0 amide bonds. The molecule has 0 heterocycles. The minimum Gasteiger partial charge on any atom is -0.494 e. The minimum absolute atomic E-state index is 0.129. The van der Waals surface area contributed by atoms with E-state index in [1.54, 1.807) is 24.3 Å². The molecule has 18 heavy (non-hydrogen) atoms. The van der Waals surface area contributed by atoms with Crippen molar-refractivity contribution in [2.24, 2.45) is 0 Å². The Morgan fingerprint density at radius 1 is 1.33 bits per heavy atom. The highest BCUT2D eigenvalue weighted by atomic mass is 16.5. The highest BCUT2D eigenvalue weighted by Gasteiger charge is 2.14. The minimum atomic E-state index is -0.667. The molecule has 0 unspecified atom stereocenters. The molecule has 0 fully saturated rings. The van der Waals surface area contributed by atoms with Crippen molar-refractivity contribution in [3.63, 3.8) is 0 Å². The number of allylic oxidation sites excluding steroid dienone is 1. The third kappa shape index (κ3) is 3.11. The van der Waals surface area contributed by atoms with Crippen molar-refractivity contribution in [3.8, 4) is 17.6 Å². The summed E-state index contributed by atoms with van der Waals surface area (Å²) in [6.45, 7) is 8.34. The number of nitriles is 1. The van der Waals surface area contributed by atoms with Crippen molar-refractivity contribution in [2.75, 3.05) is 13.2 Å². The molecule has 0 aliphatic carbocycles. The number of benzene rings is 1. The first-order valence-corrected chi connectivity index (χ1v) is 5.67. The van der Waals surface area contributed by atoms with Crippen LogP contribution in [0.1, 0.15) is 19.4 Å². The van der Waals surface area contributed by atoms with Gasteiger partial charge in [0.1, 0.15) is 17.6 Å². The second kappa shape index (κ2) is 6.45. The van der Waals surface area contributed by atoms with Crippen LogP contribution in [0.15, 0.2) is 24.8 Å². The SMILES string of the molecule is C=C(C(=O)C#N)c1ccc(OCC)cc1OCC. The maximum atomic E-state index is 11.3. The molecule has 0 atom stereocenters. The van der Waals surface area contributed by atoms with E-state index in [-0.39, 0.29) is 5.57 Å². The highest BCUT2D eigenvalue weighted by Crippen LogP contribution is 2.30. The van der Waals surface area contributed by atoms with Crippen LogP contribution in [0.3, 0.4) is 0 Å². The lowest BCUT2D eigenvalue weighted by Crippen LogP contribution is -2.02. The van der Waals surface area contributed by atoms with Gasteiger partial charge in [-0.1, -0.05) is 6.58 Å². The van der Waals surface area contributed by atoms with Gasteiger partial charge in [0.2, 0.25) is 0 Å². The number of Topliss-reactive ketones (excluding diaryl/α,β-unsaturated/α-hetero) is 1. The Bertz CT molecular complexity index is 500. The molecule has 4 heteroatoms. The van der Waals surface area contributed by atoms with Crippen LogP contribution in [0.2, 0.25) is 0 Å². The fraction of sp³-hybridized carbons (Fsp3) is 0.286. The molecular weight excluding hydrogens is 230 g/mol. The van der Waals surface area contributed by atoms with Gasteiger partial charge in [-0.05, 0) is 26.0 Å². The second-order valence-corrected chi connectivity index (χ2v) is 3.44. The van der Waals surface area contributed by atoms with E-state index in [4.69, 9.17) is 14.7 Å². The first kappa shape index (κ1) is 13.8. The molecule has 0 N–H and O–H groups in total. The van der Waals surface area contributed by atoms with Gasteiger partial charge in [0.15, 0.2) is 0 Å². The molecule has 0 bridgehead atoms. The van der Waals surface area contributed by atoms with Crippen LogP contribution in [0, 0.1) is 11.3 Å². The standard InChI is InChI=1S/C14H15NO3/c1-4-17-11-6-7-12(10(3)13(16)9-15)14(8-11)18-5-2/h6-8H,3-5H2,1-2H3. The average Bonchev–Trinajstić information content (AvgIpc) is 2.38. The summed E-state index contributed by atoms with van der Waals surface area (Å²) in [6.07, 6.45) is 0. The Morgan fingerprint density at radius 2 is 2.00 bits per heavy atom. The quantitative estimate of drug-likeness (QED) is 0.571. The normalized spacial score (nSPS) is 9.39. The van der Waals surface area contributed by atoms with E-state index in [0.29, 0.717) is 30.3 Å². The van der Waals surface area contributed by atoms with Crippen molar-refractivity contribution >= 4 is 11.4 Å². The van der Waals surface area contributed by atoms with Crippen LogP contribution in [0.4, 0.5) is 0 Å². The number of ketones is 1. The Kier molecular flexibility index (Phi) is 4.94. The Labute approximate surface area is 106 Å². The largest absolute Gasteiger partial charge is 0.494 e. The fourth-order valence-corrected chi connectivity index (χ4v) is 1.47. The molecule has 94 valence electrons. The maximum absolute atomic E-state index is 11.3. The number of carbonyl (C=O) groups excluding carboxylic acids is 1. The van der Waals surface area contributed by atoms with Gasteiger partial charge in [0, 0.05) is 17.2 Å². The van der Waals surface area contributed by atoms with E-state index in [0.717, 1.165) is 0 Å². The number of hydrogen-bond acceptors (Lipinski definition) is 4. The third-order valence-corrected chi connectivity index (χ3v) is 2.26. The Hall–Kier alpha value is -2.28. The van der Waals surface area contributed by atoms with Crippen molar-refractivity contribution in [3.05, 3.63) is 30.3 Å². The molecule has 0 saturated carbocycles. The Balaban J connectivity index is 3.15. The zero-order valence-electron chi connectivity index (χ0n) is 10.5. The van der Waals surface area contributed by atoms with E-state index < -0.39 is 5.78 Å². The number of nitrogens with zero attached hydrogens (tertiary/aromatic N) is 1. The van der Waals surface area contributed by atoms with E-state index in [2.05, 4.69) is 6.58 Å². The molecule has 1 aromatic rings. The molecule has 0 aliphatic rings. The van der Waals surface area contributed by atoms with Gasteiger partial charge >= 0.3 is 0 Å². The van der Waals surface area contributed by atoms with Gasteiger partial charge in [-0.3, -0.25) is 4.79 Å². The predicted molar refractivity (Wildman–Crippen MR) is 68.4 cm³/mol. The smallest absolute Gasteiger partial charge is 0.262 e. The summed E-state index contributed by atoms with van der Waals surface area (Å²) in [7, 11) is 0. The fourth-order valence-electron chi connectivity index (χ4n) is 1.47. The summed E-state index contributed by atoms with van der Waals surface area (Å²) < 4.78 is 10.8.